The van der Waals surface area contributed by atoms with Gasteiger partial charge in [-0.3, -0.25) is 9.59 Å². The van der Waals surface area contributed by atoms with E-state index in [2.05, 4.69) is 18.2 Å². The molecule has 0 aliphatic carbocycles. The van der Waals surface area contributed by atoms with Gasteiger partial charge in [-0.25, -0.2) is 0 Å². The van der Waals surface area contributed by atoms with Gasteiger partial charge in [-0.05, 0) is 22.8 Å². The van der Waals surface area contributed by atoms with E-state index in [0.29, 0.717) is 13.0 Å². The minimum absolute atomic E-state index is 0.468. The number of nitrogens with zero attached hydrogens (tertiary/aromatic N) is 1. The molecule has 0 spiro atoms. The molecule has 0 saturated heterocycles. The number of benzene rings is 2. The maximum absolute atomic E-state index is 11.4. The van der Waals surface area contributed by atoms with Crippen molar-refractivity contribution in [3.63, 3.8) is 0 Å². The molecule has 2 aromatic rings. The number of carbonyl (C=O) groups is 2. The SMILES string of the molecule is CN(CCc1cccc2ccccc12)C(=O)C(N)=O. The highest BCUT2D eigenvalue weighted by Crippen LogP contribution is 2.18. The topological polar surface area (TPSA) is 63.4 Å². The van der Waals surface area contributed by atoms with E-state index in [9.17, 15) is 9.59 Å². The van der Waals surface area contributed by atoms with Crippen molar-refractivity contribution in [1.82, 2.24) is 4.90 Å². The molecule has 0 atom stereocenters. The molecule has 0 radical (unpaired) electrons. The van der Waals surface area contributed by atoms with Gasteiger partial charge < -0.3 is 10.6 Å². The number of hydrogen-bond acceptors (Lipinski definition) is 2. The van der Waals surface area contributed by atoms with Crippen molar-refractivity contribution >= 4 is 22.6 Å². The summed E-state index contributed by atoms with van der Waals surface area (Å²) in [6.07, 6.45) is 0.691. The molecule has 2 rings (SSSR count). The number of hydrogen-bond donors (Lipinski definition) is 1. The van der Waals surface area contributed by atoms with E-state index < -0.39 is 11.8 Å². The Balaban J connectivity index is 2.14. The predicted molar refractivity (Wildman–Crippen MR) is 74.5 cm³/mol. The third-order valence-electron chi connectivity index (χ3n) is 3.15. The molecule has 0 heterocycles. The van der Waals surface area contributed by atoms with E-state index >= 15 is 0 Å². The van der Waals surface area contributed by atoms with E-state index in [1.807, 2.05) is 24.3 Å². The van der Waals surface area contributed by atoms with Gasteiger partial charge in [-0.1, -0.05) is 42.5 Å². The standard InChI is InChI=1S/C15H16N2O2/c1-17(15(19)14(16)18)10-9-12-7-4-6-11-5-2-3-8-13(11)12/h2-8H,9-10H2,1H3,(H2,16,18). The number of nitrogens with two attached hydrogens (primary N) is 1. The lowest BCUT2D eigenvalue weighted by atomic mass is 10.0. The second-order valence-corrected chi connectivity index (χ2v) is 4.48. The van der Waals surface area contributed by atoms with Crippen LogP contribution in [0.3, 0.4) is 0 Å². The summed E-state index contributed by atoms with van der Waals surface area (Å²) in [5.74, 6) is -1.57. The first-order valence-electron chi connectivity index (χ1n) is 6.11. The summed E-state index contributed by atoms with van der Waals surface area (Å²) >= 11 is 0. The summed E-state index contributed by atoms with van der Waals surface area (Å²) in [5.41, 5.74) is 6.12. The molecule has 2 N–H and O–H groups in total. The zero-order chi connectivity index (χ0) is 13.8. The van der Waals surface area contributed by atoms with Gasteiger partial charge in [-0.15, -0.1) is 0 Å². The number of rotatable bonds is 3. The van der Waals surface area contributed by atoms with E-state index in [-0.39, 0.29) is 0 Å². The van der Waals surface area contributed by atoms with Gasteiger partial charge in [0.25, 0.3) is 0 Å². The van der Waals surface area contributed by atoms with Crippen molar-refractivity contribution in [2.24, 2.45) is 5.73 Å². The Bertz CT molecular complexity index is 617. The maximum Gasteiger partial charge on any atom is 0.311 e. The van der Waals surface area contributed by atoms with Gasteiger partial charge in [0.2, 0.25) is 0 Å². The average molecular weight is 256 g/mol. The van der Waals surface area contributed by atoms with Gasteiger partial charge in [-0.2, -0.15) is 0 Å². The van der Waals surface area contributed by atoms with Crippen LogP contribution in [0.2, 0.25) is 0 Å². The number of carbonyl (C=O) groups excluding carboxylic acids is 2. The van der Waals surface area contributed by atoms with Gasteiger partial charge in [0.15, 0.2) is 0 Å². The van der Waals surface area contributed by atoms with Crippen LogP contribution >= 0.6 is 0 Å². The van der Waals surface area contributed by atoms with E-state index in [0.717, 1.165) is 5.56 Å². The molecule has 0 unspecified atom stereocenters. The zero-order valence-corrected chi connectivity index (χ0v) is 10.8. The van der Waals surface area contributed by atoms with Crippen LogP contribution in [0.15, 0.2) is 42.5 Å². The summed E-state index contributed by atoms with van der Waals surface area (Å²) in [6.45, 7) is 0.468. The highest BCUT2D eigenvalue weighted by molar-refractivity contribution is 6.34. The third kappa shape index (κ3) is 2.91. The molecule has 4 heteroatoms. The van der Waals surface area contributed by atoms with E-state index in [1.165, 1.54) is 15.7 Å². The normalized spacial score (nSPS) is 10.4. The summed E-state index contributed by atoms with van der Waals surface area (Å²) in [7, 11) is 1.58. The molecule has 0 saturated carbocycles. The lowest BCUT2D eigenvalue weighted by molar-refractivity contribution is -0.143. The van der Waals surface area contributed by atoms with Gasteiger partial charge >= 0.3 is 11.8 Å². The number of likely N-dealkylation sites (N-methyl/N-ethyl adjacent to an activating group) is 1. The fraction of sp³-hybridized carbons (Fsp3) is 0.200. The largest absolute Gasteiger partial charge is 0.361 e. The monoisotopic (exact) mass is 256 g/mol. The molecule has 0 aliphatic heterocycles. The van der Waals surface area contributed by atoms with Crippen molar-refractivity contribution in [1.29, 1.82) is 0 Å². The van der Waals surface area contributed by atoms with E-state index in [1.54, 1.807) is 7.05 Å². The average Bonchev–Trinajstić information content (AvgIpc) is 2.43. The van der Waals surface area contributed by atoms with Crippen molar-refractivity contribution in [2.75, 3.05) is 13.6 Å². The molecule has 0 aromatic heterocycles. The first-order chi connectivity index (χ1) is 9.09. The van der Waals surface area contributed by atoms with Crippen LogP contribution in [-0.4, -0.2) is 30.3 Å². The van der Waals surface area contributed by atoms with Gasteiger partial charge in [0, 0.05) is 13.6 Å². The molecule has 4 nitrogen and oxygen atoms in total. The highest BCUT2D eigenvalue weighted by atomic mass is 16.2. The van der Waals surface area contributed by atoms with Crippen LogP contribution in [0, 0.1) is 0 Å². The smallest absolute Gasteiger partial charge is 0.311 e. The first kappa shape index (κ1) is 13.1. The van der Waals surface area contributed by atoms with Gasteiger partial charge in [0.1, 0.15) is 0 Å². The number of fused-ring (bicyclic) bond motifs is 1. The lowest BCUT2D eigenvalue weighted by Crippen LogP contribution is -2.38. The molecular formula is C15H16N2O2. The second-order valence-electron chi connectivity index (χ2n) is 4.48. The molecule has 19 heavy (non-hydrogen) atoms. The molecule has 0 aliphatic rings. The molecule has 2 amide bonds. The summed E-state index contributed by atoms with van der Waals surface area (Å²) in [5, 5.41) is 2.34. The van der Waals surface area contributed by atoms with Crippen molar-refractivity contribution in [3.8, 4) is 0 Å². The Morgan fingerprint density at radius 1 is 1.11 bits per heavy atom. The molecular weight excluding hydrogens is 240 g/mol. The Kier molecular flexibility index (Phi) is 3.80. The first-order valence-corrected chi connectivity index (χ1v) is 6.11. The minimum Gasteiger partial charge on any atom is -0.361 e. The van der Waals surface area contributed by atoms with Crippen LogP contribution in [0.1, 0.15) is 5.56 Å². The fourth-order valence-corrected chi connectivity index (χ4v) is 2.09. The number of amides is 2. The van der Waals surface area contributed by atoms with Crippen molar-refractivity contribution in [2.45, 2.75) is 6.42 Å². The van der Waals surface area contributed by atoms with Crippen molar-refractivity contribution in [3.05, 3.63) is 48.0 Å². The second kappa shape index (κ2) is 5.52. The Hall–Kier alpha value is -2.36. The van der Waals surface area contributed by atoms with Crippen LogP contribution in [0.4, 0.5) is 0 Å². The lowest BCUT2D eigenvalue weighted by Gasteiger charge is -2.15. The summed E-state index contributed by atoms with van der Waals surface area (Å²) in [6, 6.07) is 14.2. The van der Waals surface area contributed by atoms with Crippen LogP contribution < -0.4 is 5.73 Å². The summed E-state index contributed by atoms with van der Waals surface area (Å²) in [4.78, 5) is 23.5. The molecule has 0 bridgehead atoms. The Morgan fingerprint density at radius 3 is 2.53 bits per heavy atom. The Labute approximate surface area is 111 Å². The molecule has 2 aromatic carbocycles. The van der Waals surface area contributed by atoms with Crippen LogP contribution in [-0.2, 0) is 16.0 Å². The van der Waals surface area contributed by atoms with Crippen LogP contribution in [0.5, 0.6) is 0 Å². The van der Waals surface area contributed by atoms with Crippen molar-refractivity contribution < 1.29 is 9.59 Å². The number of primary amides is 1. The maximum atomic E-state index is 11.4. The van der Waals surface area contributed by atoms with Gasteiger partial charge in [0.05, 0.1) is 0 Å². The predicted octanol–water partition coefficient (Wildman–Crippen LogP) is 1.33. The Morgan fingerprint density at radius 2 is 1.79 bits per heavy atom. The quantitative estimate of drug-likeness (QED) is 0.842. The fourth-order valence-electron chi connectivity index (χ4n) is 2.09. The third-order valence-corrected chi connectivity index (χ3v) is 3.15. The minimum atomic E-state index is -0.916. The zero-order valence-electron chi connectivity index (χ0n) is 10.8. The van der Waals surface area contributed by atoms with E-state index in [4.69, 9.17) is 5.73 Å². The highest BCUT2D eigenvalue weighted by Gasteiger charge is 2.14. The molecule has 0 fully saturated rings. The molecule has 98 valence electrons. The summed E-state index contributed by atoms with van der Waals surface area (Å²) < 4.78 is 0. The van der Waals surface area contributed by atoms with Crippen LogP contribution in [0.25, 0.3) is 10.8 Å².